The summed E-state index contributed by atoms with van der Waals surface area (Å²) in [6.07, 6.45) is 7.19. The SMILES string of the molecule is CCCC(C)C1CCCC1CNCC. The Morgan fingerprint density at radius 1 is 1.29 bits per heavy atom. The van der Waals surface area contributed by atoms with Crippen LogP contribution in [0.4, 0.5) is 0 Å². The molecule has 0 aromatic heterocycles. The van der Waals surface area contributed by atoms with E-state index in [0.29, 0.717) is 0 Å². The lowest BCUT2D eigenvalue weighted by Crippen LogP contribution is -2.27. The Labute approximate surface area is 89.7 Å². The quantitative estimate of drug-likeness (QED) is 0.687. The summed E-state index contributed by atoms with van der Waals surface area (Å²) < 4.78 is 0. The van der Waals surface area contributed by atoms with Crippen molar-refractivity contribution in [2.24, 2.45) is 17.8 Å². The van der Waals surface area contributed by atoms with Gasteiger partial charge in [-0.15, -0.1) is 0 Å². The molecule has 0 saturated heterocycles. The van der Waals surface area contributed by atoms with E-state index in [2.05, 4.69) is 26.1 Å². The molecular formula is C13H27N. The van der Waals surface area contributed by atoms with Gasteiger partial charge in [-0.25, -0.2) is 0 Å². The topological polar surface area (TPSA) is 12.0 Å². The van der Waals surface area contributed by atoms with E-state index >= 15 is 0 Å². The van der Waals surface area contributed by atoms with Gasteiger partial charge in [-0.05, 0) is 43.7 Å². The molecule has 84 valence electrons. The first-order valence-electron chi connectivity index (χ1n) is 6.50. The molecule has 3 atom stereocenters. The third-order valence-electron chi connectivity index (χ3n) is 3.85. The van der Waals surface area contributed by atoms with E-state index in [9.17, 15) is 0 Å². The zero-order valence-corrected chi connectivity index (χ0v) is 10.2. The third-order valence-corrected chi connectivity index (χ3v) is 3.85. The van der Waals surface area contributed by atoms with E-state index in [1.807, 2.05) is 0 Å². The van der Waals surface area contributed by atoms with Gasteiger partial charge in [-0.3, -0.25) is 0 Å². The molecule has 0 radical (unpaired) electrons. The highest BCUT2D eigenvalue weighted by Crippen LogP contribution is 2.38. The van der Waals surface area contributed by atoms with E-state index in [0.717, 1.165) is 24.3 Å². The summed E-state index contributed by atoms with van der Waals surface area (Å²) >= 11 is 0. The third kappa shape index (κ3) is 3.27. The van der Waals surface area contributed by atoms with Gasteiger partial charge < -0.3 is 5.32 Å². The first kappa shape index (κ1) is 12.0. The highest BCUT2D eigenvalue weighted by atomic mass is 14.8. The van der Waals surface area contributed by atoms with Crippen LogP contribution in [0.3, 0.4) is 0 Å². The summed E-state index contributed by atoms with van der Waals surface area (Å²) in [4.78, 5) is 0. The molecule has 1 aliphatic carbocycles. The fraction of sp³-hybridized carbons (Fsp3) is 1.00. The van der Waals surface area contributed by atoms with E-state index in [4.69, 9.17) is 0 Å². The first-order valence-corrected chi connectivity index (χ1v) is 6.50. The van der Waals surface area contributed by atoms with Crippen molar-refractivity contribution in [2.75, 3.05) is 13.1 Å². The summed E-state index contributed by atoms with van der Waals surface area (Å²) in [5.74, 6) is 2.93. The minimum Gasteiger partial charge on any atom is -0.317 e. The first-order chi connectivity index (χ1) is 6.79. The van der Waals surface area contributed by atoms with Crippen LogP contribution in [0.1, 0.15) is 52.9 Å². The van der Waals surface area contributed by atoms with Crippen LogP contribution in [0.2, 0.25) is 0 Å². The molecular weight excluding hydrogens is 170 g/mol. The van der Waals surface area contributed by atoms with Gasteiger partial charge in [0.25, 0.3) is 0 Å². The molecule has 0 heterocycles. The largest absolute Gasteiger partial charge is 0.317 e. The van der Waals surface area contributed by atoms with Crippen LogP contribution < -0.4 is 5.32 Å². The normalized spacial score (nSPS) is 29.4. The minimum absolute atomic E-state index is 0.950. The van der Waals surface area contributed by atoms with Gasteiger partial charge >= 0.3 is 0 Å². The molecule has 14 heavy (non-hydrogen) atoms. The van der Waals surface area contributed by atoms with Gasteiger partial charge in [-0.1, -0.05) is 40.0 Å². The van der Waals surface area contributed by atoms with Crippen LogP contribution in [0.5, 0.6) is 0 Å². The average molecular weight is 197 g/mol. The fourth-order valence-corrected chi connectivity index (χ4v) is 3.07. The van der Waals surface area contributed by atoms with Crippen LogP contribution in [0.25, 0.3) is 0 Å². The van der Waals surface area contributed by atoms with Crippen molar-refractivity contribution in [1.29, 1.82) is 0 Å². The lowest BCUT2D eigenvalue weighted by Gasteiger charge is -2.25. The molecule has 1 fully saturated rings. The summed E-state index contributed by atoms with van der Waals surface area (Å²) in [6.45, 7) is 9.36. The zero-order valence-electron chi connectivity index (χ0n) is 10.2. The average Bonchev–Trinajstić information content (AvgIpc) is 2.63. The number of nitrogens with one attached hydrogen (secondary N) is 1. The Morgan fingerprint density at radius 2 is 2.07 bits per heavy atom. The Kier molecular flexibility index (Phi) is 5.54. The van der Waals surface area contributed by atoms with E-state index < -0.39 is 0 Å². The molecule has 1 aliphatic rings. The van der Waals surface area contributed by atoms with Gasteiger partial charge in [0, 0.05) is 0 Å². The van der Waals surface area contributed by atoms with Crippen LogP contribution in [0, 0.1) is 17.8 Å². The molecule has 1 heteroatoms. The molecule has 0 spiro atoms. The van der Waals surface area contributed by atoms with Crippen molar-refractivity contribution in [3.63, 3.8) is 0 Å². The van der Waals surface area contributed by atoms with Gasteiger partial charge in [0.1, 0.15) is 0 Å². The van der Waals surface area contributed by atoms with Gasteiger partial charge in [0.15, 0.2) is 0 Å². The maximum absolute atomic E-state index is 3.52. The molecule has 3 unspecified atom stereocenters. The Morgan fingerprint density at radius 3 is 2.71 bits per heavy atom. The van der Waals surface area contributed by atoms with E-state index in [1.54, 1.807) is 0 Å². The molecule has 1 rings (SSSR count). The lowest BCUT2D eigenvalue weighted by molar-refractivity contribution is 0.258. The molecule has 0 amide bonds. The van der Waals surface area contributed by atoms with Gasteiger partial charge in [-0.2, -0.15) is 0 Å². The second-order valence-electron chi connectivity index (χ2n) is 4.93. The highest BCUT2D eigenvalue weighted by molar-refractivity contribution is 4.82. The van der Waals surface area contributed by atoms with Gasteiger partial charge in [0.2, 0.25) is 0 Å². The van der Waals surface area contributed by atoms with Crippen molar-refractivity contribution in [3.8, 4) is 0 Å². The van der Waals surface area contributed by atoms with Crippen molar-refractivity contribution in [1.82, 2.24) is 5.32 Å². The standard InChI is InChI=1S/C13H27N/c1-4-7-11(3)13-9-6-8-12(13)10-14-5-2/h11-14H,4-10H2,1-3H3. The van der Waals surface area contributed by atoms with Crippen molar-refractivity contribution in [3.05, 3.63) is 0 Å². The number of hydrogen-bond acceptors (Lipinski definition) is 1. The van der Waals surface area contributed by atoms with E-state index in [-0.39, 0.29) is 0 Å². The van der Waals surface area contributed by atoms with Crippen molar-refractivity contribution in [2.45, 2.75) is 52.9 Å². The second-order valence-corrected chi connectivity index (χ2v) is 4.93. The Balaban J connectivity index is 2.33. The van der Waals surface area contributed by atoms with Gasteiger partial charge in [0.05, 0.1) is 0 Å². The molecule has 1 N–H and O–H groups in total. The smallest absolute Gasteiger partial charge is 0.00179 e. The second kappa shape index (κ2) is 6.44. The van der Waals surface area contributed by atoms with Crippen LogP contribution in [-0.2, 0) is 0 Å². The van der Waals surface area contributed by atoms with Crippen molar-refractivity contribution >= 4 is 0 Å². The van der Waals surface area contributed by atoms with Crippen LogP contribution >= 0.6 is 0 Å². The molecule has 0 aliphatic heterocycles. The Hall–Kier alpha value is -0.0400. The molecule has 0 aromatic rings. The maximum atomic E-state index is 3.52. The van der Waals surface area contributed by atoms with Crippen LogP contribution in [0.15, 0.2) is 0 Å². The summed E-state index contributed by atoms with van der Waals surface area (Å²) in [5.41, 5.74) is 0. The molecule has 1 nitrogen and oxygen atoms in total. The van der Waals surface area contributed by atoms with Crippen LogP contribution in [-0.4, -0.2) is 13.1 Å². The fourth-order valence-electron chi connectivity index (χ4n) is 3.07. The zero-order chi connectivity index (χ0) is 10.4. The highest BCUT2D eigenvalue weighted by Gasteiger charge is 2.30. The maximum Gasteiger partial charge on any atom is -0.00179 e. The predicted octanol–water partition coefficient (Wildman–Crippen LogP) is 3.45. The lowest BCUT2D eigenvalue weighted by atomic mass is 9.82. The molecule has 0 aromatic carbocycles. The predicted molar refractivity (Wildman–Crippen MR) is 63.4 cm³/mol. The summed E-state index contributed by atoms with van der Waals surface area (Å²) in [7, 11) is 0. The Bertz CT molecular complexity index is 144. The number of rotatable bonds is 6. The van der Waals surface area contributed by atoms with Crippen molar-refractivity contribution < 1.29 is 0 Å². The minimum atomic E-state index is 0.950. The molecule has 1 saturated carbocycles. The summed E-state index contributed by atoms with van der Waals surface area (Å²) in [6, 6.07) is 0. The summed E-state index contributed by atoms with van der Waals surface area (Å²) in [5, 5.41) is 3.52. The monoisotopic (exact) mass is 197 g/mol. The molecule has 0 bridgehead atoms. The van der Waals surface area contributed by atoms with E-state index in [1.165, 1.54) is 38.6 Å². The number of hydrogen-bond donors (Lipinski definition) is 1.